The highest BCUT2D eigenvalue weighted by Gasteiger charge is 2.59. The first kappa shape index (κ1) is 19.9. The molecule has 0 spiro atoms. The lowest BCUT2D eigenvalue weighted by Crippen LogP contribution is -2.61. The van der Waals surface area contributed by atoms with Crippen LogP contribution in [0.4, 0.5) is 10.6 Å². The van der Waals surface area contributed by atoms with E-state index in [0.717, 1.165) is 32.1 Å². The number of hydrogen-bond acceptors (Lipinski definition) is 5. The van der Waals surface area contributed by atoms with Gasteiger partial charge in [-0.05, 0) is 68.3 Å². The van der Waals surface area contributed by atoms with Crippen molar-refractivity contribution in [3.8, 4) is 0 Å². The average Bonchev–Trinajstić information content (AvgIpc) is 3.05. The third-order valence-corrected chi connectivity index (χ3v) is 8.14. The highest BCUT2D eigenvalue weighted by molar-refractivity contribution is 6.33. The summed E-state index contributed by atoms with van der Waals surface area (Å²) in [5.74, 6) is 1.31. The molecule has 2 amide bonds. The van der Waals surface area contributed by atoms with E-state index in [-0.39, 0.29) is 23.6 Å². The lowest BCUT2D eigenvalue weighted by molar-refractivity contribution is -0.162. The number of carbonyl (C=O) groups excluding carboxylic acids is 1. The molecule has 1 saturated heterocycles. The van der Waals surface area contributed by atoms with Crippen molar-refractivity contribution in [3.63, 3.8) is 0 Å². The molecule has 5 N–H and O–H groups in total. The molecule has 4 bridgehead atoms. The fraction of sp³-hybridized carbons (Fsp3) is 0.667. The minimum absolute atomic E-state index is 0.123. The van der Waals surface area contributed by atoms with Crippen LogP contribution in [0.2, 0.25) is 5.02 Å². The van der Waals surface area contributed by atoms with Crippen molar-refractivity contribution in [3.05, 3.63) is 22.8 Å². The van der Waals surface area contributed by atoms with Crippen LogP contribution < -0.4 is 11.1 Å². The van der Waals surface area contributed by atoms with E-state index in [1.165, 1.54) is 12.3 Å². The SMILES string of the molecule is NC(=O)c1cnc(NC2CCN(C(=O)O)[C@@H]2C2C3CC4C[C@H]2C[C@@](O)(C4)C3)c(Cl)c1. The molecule has 9 heteroatoms. The number of nitrogens with one attached hydrogen (secondary N) is 1. The third-order valence-electron chi connectivity index (χ3n) is 7.85. The summed E-state index contributed by atoms with van der Waals surface area (Å²) in [4.78, 5) is 29.2. The molecule has 7 atom stereocenters. The summed E-state index contributed by atoms with van der Waals surface area (Å²) in [6.45, 7) is 0.457. The van der Waals surface area contributed by atoms with Crippen LogP contribution >= 0.6 is 11.6 Å². The van der Waals surface area contributed by atoms with E-state index in [9.17, 15) is 19.8 Å². The molecular formula is C21H27ClN4O4. The van der Waals surface area contributed by atoms with Crippen LogP contribution in [-0.4, -0.2) is 56.3 Å². The number of carboxylic acid groups (broad SMARTS) is 1. The molecule has 0 aromatic carbocycles. The van der Waals surface area contributed by atoms with Crippen molar-refractivity contribution in [2.24, 2.45) is 29.4 Å². The maximum atomic E-state index is 12.1. The number of nitrogens with zero attached hydrogens (tertiary/aromatic N) is 2. The number of amides is 2. The summed E-state index contributed by atoms with van der Waals surface area (Å²) < 4.78 is 0. The molecule has 4 saturated carbocycles. The van der Waals surface area contributed by atoms with E-state index in [1.54, 1.807) is 4.90 Å². The standard InChI is InChI=1S/C21H27ClN4O4/c22-14-5-13(18(23)27)9-24-19(14)25-15-1-2-26(20(28)29)17(15)16-11-3-10-4-12(16)8-21(30,6-10)7-11/h5,9-12,15-17,30H,1-4,6-8H2,(H2,23,27)(H,24,25)(H,28,29)/t10?,11-,12?,15?,16?,17-,21-/m0/s1. The summed E-state index contributed by atoms with van der Waals surface area (Å²) in [7, 11) is 0. The molecule has 1 aromatic rings. The number of nitrogens with two attached hydrogens (primary N) is 1. The van der Waals surface area contributed by atoms with Gasteiger partial charge in [0.2, 0.25) is 5.91 Å². The van der Waals surface area contributed by atoms with Gasteiger partial charge in [0.05, 0.1) is 28.3 Å². The van der Waals surface area contributed by atoms with E-state index >= 15 is 0 Å². The van der Waals surface area contributed by atoms with Crippen molar-refractivity contribution in [2.45, 2.75) is 56.2 Å². The van der Waals surface area contributed by atoms with Gasteiger partial charge in [0.15, 0.2) is 0 Å². The Morgan fingerprint density at radius 1 is 1.27 bits per heavy atom. The Morgan fingerprint density at radius 3 is 2.53 bits per heavy atom. The smallest absolute Gasteiger partial charge is 0.407 e. The number of aliphatic hydroxyl groups is 1. The zero-order valence-electron chi connectivity index (χ0n) is 16.6. The molecule has 162 valence electrons. The van der Waals surface area contributed by atoms with Gasteiger partial charge in [-0.1, -0.05) is 11.6 Å². The van der Waals surface area contributed by atoms with Crippen molar-refractivity contribution in [2.75, 3.05) is 11.9 Å². The van der Waals surface area contributed by atoms with Crippen LogP contribution in [0.3, 0.4) is 0 Å². The fourth-order valence-electron chi connectivity index (χ4n) is 7.10. The predicted octanol–water partition coefficient (Wildman–Crippen LogP) is 2.55. The first-order valence-corrected chi connectivity index (χ1v) is 11.1. The van der Waals surface area contributed by atoms with Gasteiger partial charge in [-0.15, -0.1) is 0 Å². The number of anilines is 1. The van der Waals surface area contributed by atoms with Crippen molar-refractivity contribution in [1.29, 1.82) is 0 Å². The van der Waals surface area contributed by atoms with Crippen molar-refractivity contribution < 1.29 is 19.8 Å². The molecule has 1 aliphatic heterocycles. The summed E-state index contributed by atoms with van der Waals surface area (Å²) in [5.41, 5.74) is 4.97. The van der Waals surface area contributed by atoms with Gasteiger partial charge in [-0.25, -0.2) is 9.78 Å². The average molecular weight is 435 g/mol. The van der Waals surface area contributed by atoms with Crippen molar-refractivity contribution >= 4 is 29.4 Å². The minimum atomic E-state index is -0.903. The summed E-state index contributed by atoms with van der Waals surface area (Å²) in [6.07, 6.45) is 5.73. The number of likely N-dealkylation sites (tertiary alicyclic amines) is 1. The van der Waals surface area contributed by atoms with Gasteiger partial charge >= 0.3 is 6.09 Å². The molecule has 4 unspecified atom stereocenters. The molecule has 5 fully saturated rings. The van der Waals surface area contributed by atoms with Crippen LogP contribution in [0.25, 0.3) is 0 Å². The lowest BCUT2D eigenvalue weighted by Gasteiger charge is -2.60. The quantitative estimate of drug-likeness (QED) is 0.576. The Kier molecular flexibility index (Phi) is 4.63. The van der Waals surface area contributed by atoms with E-state index in [4.69, 9.17) is 17.3 Å². The molecule has 4 aliphatic carbocycles. The lowest BCUT2D eigenvalue weighted by atomic mass is 9.48. The van der Waals surface area contributed by atoms with Gasteiger partial charge in [0.1, 0.15) is 5.82 Å². The van der Waals surface area contributed by atoms with Gasteiger partial charge in [-0.3, -0.25) is 4.79 Å². The third kappa shape index (κ3) is 3.21. The normalized spacial score (nSPS) is 39.3. The highest BCUT2D eigenvalue weighted by atomic mass is 35.5. The van der Waals surface area contributed by atoms with Crippen LogP contribution in [0.1, 0.15) is 48.9 Å². The Morgan fingerprint density at radius 2 is 1.97 bits per heavy atom. The Bertz CT molecular complexity index is 880. The summed E-state index contributed by atoms with van der Waals surface area (Å²) in [6, 6.07) is 1.17. The number of carbonyl (C=O) groups is 2. The van der Waals surface area contributed by atoms with Gasteiger partial charge in [-0.2, -0.15) is 0 Å². The second-order valence-electron chi connectivity index (χ2n) is 9.70. The van der Waals surface area contributed by atoms with Crippen LogP contribution in [0.15, 0.2) is 12.3 Å². The molecule has 2 heterocycles. The highest BCUT2D eigenvalue weighted by Crippen LogP contribution is 2.60. The summed E-state index contributed by atoms with van der Waals surface area (Å²) >= 11 is 6.33. The molecule has 0 radical (unpaired) electrons. The monoisotopic (exact) mass is 434 g/mol. The molecule has 30 heavy (non-hydrogen) atoms. The second-order valence-corrected chi connectivity index (χ2v) is 10.1. The van der Waals surface area contributed by atoms with E-state index in [2.05, 4.69) is 10.3 Å². The first-order valence-electron chi connectivity index (χ1n) is 10.7. The maximum Gasteiger partial charge on any atom is 0.407 e. The Balaban J connectivity index is 1.43. The zero-order valence-corrected chi connectivity index (χ0v) is 17.4. The largest absolute Gasteiger partial charge is 0.465 e. The number of halogens is 1. The minimum Gasteiger partial charge on any atom is -0.465 e. The number of pyridine rings is 1. The number of aromatic nitrogens is 1. The number of hydrogen-bond donors (Lipinski definition) is 4. The molecule has 8 nitrogen and oxygen atoms in total. The predicted molar refractivity (Wildman–Crippen MR) is 110 cm³/mol. The Hall–Kier alpha value is -2.06. The topological polar surface area (TPSA) is 129 Å². The van der Waals surface area contributed by atoms with Crippen LogP contribution in [-0.2, 0) is 0 Å². The first-order chi connectivity index (χ1) is 14.2. The van der Waals surface area contributed by atoms with Gasteiger partial charge < -0.3 is 26.2 Å². The molecule has 5 aliphatic rings. The van der Waals surface area contributed by atoms with Gasteiger partial charge in [0.25, 0.3) is 0 Å². The van der Waals surface area contributed by atoms with Crippen molar-refractivity contribution in [1.82, 2.24) is 9.88 Å². The van der Waals surface area contributed by atoms with E-state index in [0.29, 0.717) is 41.6 Å². The fourth-order valence-corrected chi connectivity index (χ4v) is 7.33. The Labute approximate surface area is 179 Å². The van der Waals surface area contributed by atoms with E-state index in [1.807, 2.05) is 0 Å². The van der Waals surface area contributed by atoms with E-state index < -0.39 is 17.6 Å². The second kappa shape index (κ2) is 6.99. The number of rotatable bonds is 4. The van der Waals surface area contributed by atoms with Crippen LogP contribution in [0.5, 0.6) is 0 Å². The zero-order chi connectivity index (χ0) is 21.2. The van der Waals surface area contributed by atoms with Gasteiger partial charge in [0, 0.05) is 12.7 Å². The maximum absolute atomic E-state index is 12.1. The number of primary amides is 1. The molecular weight excluding hydrogens is 408 g/mol. The summed E-state index contributed by atoms with van der Waals surface area (Å²) in [5, 5.41) is 24.5. The molecule has 1 aromatic heterocycles. The molecule has 6 rings (SSSR count). The van der Waals surface area contributed by atoms with Crippen LogP contribution in [0, 0.1) is 23.7 Å².